The fourth-order valence-electron chi connectivity index (χ4n) is 2.38. The van der Waals surface area contributed by atoms with E-state index in [9.17, 15) is 19.7 Å². The van der Waals surface area contributed by atoms with Crippen LogP contribution in [0.15, 0.2) is 42.5 Å². The molecular formula is C19H21N3O6. The number of nitro benzene ring substituents is 1. The Morgan fingerprint density at radius 3 is 2.57 bits per heavy atom. The van der Waals surface area contributed by atoms with Gasteiger partial charge in [-0.3, -0.25) is 19.7 Å². The lowest BCUT2D eigenvalue weighted by molar-refractivity contribution is -0.384. The van der Waals surface area contributed by atoms with E-state index >= 15 is 0 Å². The first-order chi connectivity index (χ1) is 13.3. The minimum Gasteiger partial charge on any atom is -0.493 e. The van der Waals surface area contributed by atoms with Crippen LogP contribution < -0.4 is 20.1 Å². The number of nitrogens with zero attached hydrogens (tertiary/aromatic N) is 1. The van der Waals surface area contributed by atoms with E-state index in [1.54, 1.807) is 18.2 Å². The lowest BCUT2D eigenvalue weighted by Gasteiger charge is -2.15. The maximum atomic E-state index is 12.4. The van der Waals surface area contributed by atoms with Crippen LogP contribution in [0.2, 0.25) is 0 Å². The van der Waals surface area contributed by atoms with Gasteiger partial charge in [-0.25, -0.2) is 0 Å². The molecule has 2 aromatic rings. The second-order valence-electron chi connectivity index (χ2n) is 5.79. The Balaban J connectivity index is 2.03. The topological polar surface area (TPSA) is 120 Å². The van der Waals surface area contributed by atoms with Crippen molar-refractivity contribution in [3.63, 3.8) is 0 Å². The SMILES string of the molecule is CCOc1ccc(NC(=O)[C@H](C)NC(=O)c2cccc([N+](=O)[O-])c2)cc1OC. The zero-order chi connectivity index (χ0) is 20.7. The number of nitrogens with one attached hydrogen (secondary N) is 2. The first-order valence-electron chi connectivity index (χ1n) is 8.52. The van der Waals surface area contributed by atoms with Gasteiger partial charge in [0.05, 0.1) is 18.6 Å². The molecule has 148 valence electrons. The van der Waals surface area contributed by atoms with Gasteiger partial charge in [0, 0.05) is 29.4 Å². The van der Waals surface area contributed by atoms with Crippen molar-refractivity contribution in [1.29, 1.82) is 0 Å². The van der Waals surface area contributed by atoms with E-state index in [-0.39, 0.29) is 11.3 Å². The standard InChI is InChI=1S/C19H21N3O6/c1-4-28-16-9-8-14(11-17(16)27-3)21-18(23)12(2)20-19(24)13-6-5-7-15(10-13)22(25)26/h5-12H,4H2,1-3H3,(H,20,24)(H,21,23)/t12-/m0/s1. The van der Waals surface area contributed by atoms with E-state index in [2.05, 4.69) is 10.6 Å². The second kappa shape index (κ2) is 9.36. The second-order valence-corrected chi connectivity index (χ2v) is 5.79. The highest BCUT2D eigenvalue weighted by Gasteiger charge is 2.19. The third-order valence-electron chi connectivity index (χ3n) is 3.79. The summed E-state index contributed by atoms with van der Waals surface area (Å²) in [6.45, 7) is 3.83. The molecule has 0 aliphatic heterocycles. The summed E-state index contributed by atoms with van der Waals surface area (Å²) in [4.78, 5) is 34.8. The molecule has 0 saturated carbocycles. The Morgan fingerprint density at radius 2 is 1.93 bits per heavy atom. The molecule has 2 aromatic carbocycles. The van der Waals surface area contributed by atoms with Crippen molar-refractivity contribution in [3.8, 4) is 11.5 Å². The number of carbonyl (C=O) groups is 2. The maximum Gasteiger partial charge on any atom is 0.270 e. The monoisotopic (exact) mass is 387 g/mol. The van der Waals surface area contributed by atoms with Crippen LogP contribution >= 0.6 is 0 Å². The van der Waals surface area contributed by atoms with E-state index in [0.717, 1.165) is 6.07 Å². The number of carbonyl (C=O) groups excluding carboxylic acids is 2. The number of rotatable bonds is 8. The number of hydrogen-bond acceptors (Lipinski definition) is 6. The van der Waals surface area contributed by atoms with Crippen LogP contribution in [0.25, 0.3) is 0 Å². The van der Waals surface area contributed by atoms with Crippen LogP contribution in [-0.4, -0.2) is 36.5 Å². The van der Waals surface area contributed by atoms with Crippen LogP contribution in [0.3, 0.4) is 0 Å². The Bertz CT molecular complexity index is 884. The number of anilines is 1. The van der Waals surface area contributed by atoms with Gasteiger partial charge < -0.3 is 20.1 Å². The van der Waals surface area contributed by atoms with Crippen molar-refractivity contribution >= 4 is 23.2 Å². The fourth-order valence-corrected chi connectivity index (χ4v) is 2.38. The molecule has 0 spiro atoms. The summed E-state index contributed by atoms with van der Waals surface area (Å²) in [5.74, 6) is -0.0245. The molecule has 2 amide bonds. The van der Waals surface area contributed by atoms with Gasteiger partial charge in [0.2, 0.25) is 5.91 Å². The lowest BCUT2D eigenvalue weighted by Crippen LogP contribution is -2.41. The smallest absolute Gasteiger partial charge is 0.270 e. The van der Waals surface area contributed by atoms with Gasteiger partial charge in [0.25, 0.3) is 11.6 Å². The minimum atomic E-state index is -0.871. The first kappa shape index (κ1) is 20.7. The van der Waals surface area contributed by atoms with Gasteiger partial charge in [-0.1, -0.05) is 6.07 Å². The molecule has 0 saturated heterocycles. The Labute approximate surface area is 161 Å². The predicted molar refractivity (Wildman–Crippen MR) is 103 cm³/mol. The van der Waals surface area contributed by atoms with Crippen LogP contribution in [0.5, 0.6) is 11.5 Å². The molecule has 0 aliphatic carbocycles. The highest BCUT2D eigenvalue weighted by atomic mass is 16.6. The van der Waals surface area contributed by atoms with Crippen LogP contribution in [0, 0.1) is 10.1 Å². The van der Waals surface area contributed by atoms with E-state index in [4.69, 9.17) is 9.47 Å². The zero-order valence-electron chi connectivity index (χ0n) is 15.7. The molecule has 28 heavy (non-hydrogen) atoms. The number of ether oxygens (including phenoxy) is 2. The maximum absolute atomic E-state index is 12.4. The van der Waals surface area contributed by atoms with E-state index in [0.29, 0.717) is 23.8 Å². The summed E-state index contributed by atoms with van der Waals surface area (Å²) in [5, 5.41) is 16.0. The van der Waals surface area contributed by atoms with Crippen LogP contribution in [0.1, 0.15) is 24.2 Å². The number of hydrogen-bond donors (Lipinski definition) is 2. The van der Waals surface area contributed by atoms with Crippen LogP contribution in [0.4, 0.5) is 11.4 Å². The van der Waals surface area contributed by atoms with Gasteiger partial charge >= 0.3 is 0 Å². The highest BCUT2D eigenvalue weighted by Crippen LogP contribution is 2.30. The van der Waals surface area contributed by atoms with Gasteiger partial charge in [0.15, 0.2) is 11.5 Å². The largest absolute Gasteiger partial charge is 0.493 e. The molecule has 0 radical (unpaired) electrons. The fraction of sp³-hybridized carbons (Fsp3) is 0.263. The van der Waals surface area contributed by atoms with Crippen molar-refractivity contribution in [2.75, 3.05) is 19.0 Å². The first-order valence-corrected chi connectivity index (χ1v) is 8.52. The Hall–Kier alpha value is -3.62. The Morgan fingerprint density at radius 1 is 1.18 bits per heavy atom. The van der Waals surface area contributed by atoms with Crippen LogP contribution in [-0.2, 0) is 4.79 Å². The average molecular weight is 387 g/mol. The highest BCUT2D eigenvalue weighted by molar-refractivity contribution is 6.01. The van der Waals surface area contributed by atoms with Gasteiger partial charge in [-0.2, -0.15) is 0 Å². The molecule has 0 unspecified atom stereocenters. The van der Waals surface area contributed by atoms with Gasteiger partial charge in [0.1, 0.15) is 6.04 Å². The number of non-ortho nitro benzene ring substituents is 1. The summed E-state index contributed by atoms with van der Waals surface area (Å²) >= 11 is 0. The van der Waals surface area contributed by atoms with Gasteiger partial charge in [-0.15, -0.1) is 0 Å². The van der Waals surface area contributed by atoms with Crippen molar-refractivity contribution in [3.05, 3.63) is 58.1 Å². The molecule has 2 rings (SSSR count). The molecule has 2 N–H and O–H groups in total. The number of amides is 2. The molecule has 0 heterocycles. The van der Waals surface area contributed by atoms with E-state index in [1.807, 2.05) is 6.92 Å². The lowest BCUT2D eigenvalue weighted by atomic mass is 10.1. The summed E-state index contributed by atoms with van der Waals surface area (Å²) < 4.78 is 10.7. The quantitative estimate of drug-likeness (QED) is 0.531. The molecule has 0 aliphatic rings. The number of methoxy groups -OCH3 is 1. The van der Waals surface area contributed by atoms with Gasteiger partial charge in [-0.05, 0) is 32.0 Å². The zero-order valence-corrected chi connectivity index (χ0v) is 15.7. The van der Waals surface area contributed by atoms with Crippen molar-refractivity contribution in [1.82, 2.24) is 5.32 Å². The summed E-state index contributed by atoms with van der Waals surface area (Å²) in [6, 6.07) is 9.34. The van der Waals surface area contributed by atoms with Crippen molar-refractivity contribution in [2.45, 2.75) is 19.9 Å². The number of nitro groups is 1. The molecule has 0 bridgehead atoms. The predicted octanol–water partition coefficient (Wildman–Crippen LogP) is 2.76. The average Bonchev–Trinajstić information content (AvgIpc) is 2.69. The van der Waals surface area contributed by atoms with E-state index < -0.39 is 22.8 Å². The molecule has 9 heteroatoms. The summed E-state index contributed by atoms with van der Waals surface area (Å²) in [5.41, 5.74) is 0.365. The summed E-state index contributed by atoms with van der Waals surface area (Å²) in [7, 11) is 1.49. The molecule has 1 atom stereocenters. The van der Waals surface area contributed by atoms with Crippen molar-refractivity contribution < 1.29 is 24.0 Å². The third-order valence-corrected chi connectivity index (χ3v) is 3.79. The molecule has 0 fully saturated rings. The molecule has 0 aromatic heterocycles. The normalized spacial score (nSPS) is 11.2. The third kappa shape index (κ3) is 5.19. The van der Waals surface area contributed by atoms with Crippen molar-refractivity contribution in [2.24, 2.45) is 0 Å². The molecular weight excluding hydrogens is 366 g/mol. The molecule has 9 nitrogen and oxygen atoms in total. The number of benzene rings is 2. The Kier molecular flexibility index (Phi) is 6.91. The van der Waals surface area contributed by atoms with E-state index in [1.165, 1.54) is 32.2 Å². The summed E-state index contributed by atoms with van der Waals surface area (Å²) in [6.07, 6.45) is 0. The minimum absolute atomic E-state index is 0.0941.